The zero-order valence-corrected chi connectivity index (χ0v) is 14.4. The highest BCUT2D eigenvalue weighted by molar-refractivity contribution is 7.13. The number of thiophene rings is 1. The van der Waals surface area contributed by atoms with Gasteiger partial charge in [-0.1, -0.05) is 26.0 Å². The number of fused-ring (bicyclic) bond motifs is 1. The molecule has 3 rings (SSSR count). The third kappa shape index (κ3) is 3.08. The number of benzene rings is 1. The predicted octanol–water partition coefficient (Wildman–Crippen LogP) is 4.42. The van der Waals surface area contributed by atoms with Crippen LogP contribution in [0.5, 0.6) is 0 Å². The van der Waals surface area contributed by atoms with Crippen LogP contribution in [0.15, 0.2) is 35.8 Å². The van der Waals surface area contributed by atoms with E-state index in [2.05, 4.69) is 65.1 Å². The van der Waals surface area contributed by atoms with Crippen LogP contribution >= 0.6 is 11.3 Å². The van der Waals surface area contributed by atoms with Crippen molar-refractivity contribution >= 4 is 22.2 Å². The Morgan fingerprint density at radius 1 is 1.18 bits per heavy atom. The fourth-order valence-electron chi connectivity index (χ4n) is 2.76. The lowest BCUT2D eigenvalue weighted by atomic mass is 10.1. The fourth-order valence-corrected chi connectivity index (χ4v) is 3.66. The molecule has 22 heavy (non-hydrogen) atoms. The quantitative estimate of drug-likeness (QED) is 0.672. The fraction of sp³-hybridized carbons (Fsp3) is 0.389. The molecule has 0 saturated carbocycles. The molecule has 4 heteroatoms. The van der Waals surface area contributed by atoms with Crippen LogP contribution in [-0.2, 0) is 6.54 Å². The highest BCUT2D eigenvalue weighted by Gasteiger charge is 2.08. The number of aromatic nitrogens is 2. The highest BCUT2D eigenvalue weighted by Crippen LogP contribution is 2.29. The second kappa shape index (κ2) is 6.63. The molecular weight excluding hydrogens is 290 g/mol. The van der Waals surface area contributed by atoms with Crippen molar-refractivity contribution in [3.63, 3.8) is 0 Å². The van der Waals surface area contributed by atoms with E-state index in [1.54, 1.807) is 0 Å². The maximum atomic E-state index is 4.57. The second-order valence-electron chi connectivity index (χ2n) is 5.66. The lowest BCUT2D eigenvalue weighted by molar-refractivity contribution is 0.287. The largest absolute Gasteiger partial charge is 0.302 e. The summed E-state index contributed by atoms with van der Waals surface area (Å²) in [6.45, 7) is 10.7. The monoisotopic (exact) mass is 313 g/mol. The van der Waals surface area contributed by atoms with E-state index in [0.717, 1.165) is 26.2 Å². The van der Waals surface area contributed by atoms with Gasteiger partial charge in [-0.3, -0.25) is 4.68 Å². The SMILES string of the molecule is CCN(CC)CCn1ncc2ccc(-c3cc(C)cs3)cc21. The Kier molecular flexibility index (Phi) is 4.60. The maximum absolute atomic E-state index is 4.57. The first kappa shape index (κ1) is 15.3. The van der Waals surface area contributed by atoms with Gasteiger partial charge in [0, 0.05) is 16.8 Å². The molecular formula is C18H23N3S. The van der Waals surface area contributed by atoms with Crippen molar-refractivity contribution in [3.05, 3.63) is 41.4 Å². The summed E-state index contributed by atoms with van der Waals surface area (Å²) >= 11 is 1.81. The number of aryl methyl sites for hydroxylation is 1. The third-order valence-corrected chi connectivity index (χ3v) is 5.28. The minimum Gasteiger partial charge on any atom is -0.302 e. The minimum absolute atomic E-state index is 0.943. The zero-order chi connectivity index (χ0) is 15.5. The molecule has 3 aromatic rings. The van der Waals surface area contributed by atoms with E-state index >= 15 is 0 Å². The smallest absolute Gasteiger partial charge is 0.0689 e. The molecule has 0 saturated heterocycles. The summed E-state index contributed by atoms with van der Waals surface area (Å²) in [4.78, 5) is 3.76. The summed E-state index contributed by atoms with van der Waals surface area (Å²) < 4.78 is 2.14. The van der Waals surface area contributed by atoms with Crippen LogP contribution < -0.4 is 0 Å². The summed E-state index contributed by atoms with van der Waals surface area (Å²) in [5.74, 6) is 0. The summed E-state index contributed by atoms with van der Waals surface area (Å²) in [5.41, 5.74) is 3.85. The van der Waals surface area contributed by atoms with Crippen LogP contribution in [0.4, 0.5) is 0 Å². The van der Waals surface area contributed by atoms with Gasteiger partial charge in [-0.25, -0.2) is 0 Å². The molecule has 0 spiro atoms. The molecule has 116 valence electrons. The topological polar surface area (TPSA) is 21.1 Å². The molecule has 3 nitrogen and oxygen atoms in total. The van der Waals surface area contributed by atoms with Gasteiger partial charge in [0.15, 0.2) is 0 Å². The molecule has 2 heterocycles. The van der Waals surface area contributed by atoms with Crippen LogP contribution in [0.3, 0.4) is 0 Å². The Morgan fingerprint density at radius 3 is 2.68 bits per heavy atom. The number of hydrogen-bond donors (Lipinski definition) is 0. The van der Waals surface area contributed by atoms with E-state index in [-0.39, 0.29) is 0 Å². The Morgan fingerprint density at radius 2 is 2.00 bits per heavy atom. The van der Waals surface area contributed by atoms with Gasteiger partial charge in [-0.05, 0) is 48.7 Å². The Bertz CT molecular complexity index is 753. The molecule has 1 aromatic carbocycles. The van der Waals surface area contributed by atoms with Crippen molar-refractivity contribution in [2.24, 2.45) is 0 Å². The van der Waals surface area contributed by atoms with Crippen molar-refractivity contribution in [2.75, 3.05) is 19.6 Å². The molecule has 0 bridgehead atoms. The average Bonchev–Trinajstić information content (AvgIpc) is 3.14. The van der Waals surface area contributed by atoms with E-state index in [0.29, 0.717) is 0 Å². The van der Waals surface area contributed by atoms with Gasteiger partial charge >= 0.3 is 0 Å². The number of rotatable bonds is 6. The first-order valence-corrected chi connectivity index (χ1v) is 8.82. The molecule has 2 aromatic heterocycles. The number of nitrogens with zero attached hydrogens (tertiary/aromatic N) is 3. The van der Waals surface area contributed by atoms with Gasteiger partial charge in [0.2, 0.25) is 0 Å². The summed E-state index contributed by atoms with van der Waals surface area (Å²) in [6, 6.07) is 8.91. The van der Waals surface area contributed by atoms with Gasteiger partial charge < -0.3 is 4.90 Å². The molecule has 0 N–H and O–H groups in total. The standard InChI is InChI=1S/C18H23N3S/c1-4-20(5-2)8-9-21-17-11-15(6-7-16(17)12-19-21)18-10-14(3)13-22-18/h6-7,10-13H,4-5,8-9H2,1-3H3. The van der Waals surface area contributed by atoms with E-state index < -0.39 is 0 Å². The Hall–Kier alpha value is -1.65. The molecule has 0 radical (unpaired) electrons. The van der Waals surface area contributed by atoms with Crippen LogP contribution in [0.1, 0.15) is 19.4 Å². The predicted molar refractivity (Wildman–Crippen MR) is 95.6 cm³/mol. The lowest BCUT2D eigenvalue weighted by Gasteiger charge is -2.17. The number of hydrogen-bond acceptors (Lipinski definition) is 3. The first-order chi connectivity index (χ1) is 10.7. The van der Waals surface area contributed by atoms with Crippen molar-refractivity contribution in [2.45, 2.75) is 27.3 Å². The summed E-state index contributed by atoms with van der Waals surface area (Å²) in [7, 11) is 0. The van der Waals surface area contributed by atoms with Gasteiger partial charge in [0.25, 0.3) is 0 Å². The van der Waals surface area contributed by atoms with Crippen molar-refractivity contribution < 1.29 is 0 Å². The molecule has 0 fully saturated rings. The van der Waals surface area contributed by atoms with Crippen LogP contribution in [0, 0.1) is 6.92 Å². The van der Waals surface area contributed by atoms with Gasteiger partial charge in [-0.2, -0.15) is 5.10 Å². The van der Waals surface area contributed by atoms with Crippen molar-refractivity contribution in [1.82, 2.24) is 14.7 Å². The molecule has 0 atom stereocenters. The first-order valence-electron chi connectivity index (χ1n) is 7.94. The Labute approximate surface area is 136 Å². The summed E-state index contributed by atoms with van der Waals surface area (Å²) in [6.07, 6.45) is 1.97. The van der Waals surface area contributed by atoms with Crippen molar-refractivity contribution in [1.29, 1.82) is 0 Å². The Balaban J connectivity index is 1.88. The average molecular weight is 313 g/mol. The maximum Gasteiger partial charge on any atom is 0.0689 e. The zero-order valence-electron chi connectivity index (χ0n) is 13.5. The highest BCUT2D eigenvalue weighted by atomic mass is 32.1. The lowest BCUT2D eigenvalue weighted by Crippen LogP contribution is -2.27. The van der Waals surface area contributed by atoms with Crippen LogP contribution in [0.2, 0.25) is 0 Å². The van der Waals surface area contributed by atoms with E-state index in [1.807, 2.05) is 17.5 Å². The third-order valence-electron chi connectivity index (χ3n) is 4.18. The number of likely N-dealkylation sites (N-methyl/N-ethyl adjacent to an activating group) is 1. The van der Waals surface area contributed by atoms with Crippen LogP contribution in [0.25, 0.3) is 21.3 Å². The van der Waals surface area contributed by atoms with E-state index in [4.69, 9.17) is 0 Å². The summed E-state index contributed by atoms with van der Waals surface area (Å²) in [5, 5.41) is 7.99. The van der Waals surface area contributed by atoms with Gasteiger partial charge in [-0.15, -0.1) is 11.3 Å². The van der Waals surface area contributed by atoms with E-state index in [9.17, 15) is 0 Å². The van der Waals surface area contributed by atoms with Crippen LogP contribution in [-0.4, -0.2) is 34.3 Å². The van der Waals surface area contributed by atoms with E-state index in [1.165, 1.54) is 26.9 Å². The minimum atomic E-state index is 0.943. The molecule has 0 unspecified atom stereocenters. The van der Waals surface area contributed by atoms with Gasteiger partial charge in [0.05, 0.1) is 18.3 Å². The van der Waals surface area contributed by atoms with Gasteiger partial charge in [0.1, 0.15) is 0 Å². The second-order valence-corrected chi connectivity index (χ2v) is 6.57. The molecule has 0 aliphatic carbocycles. The molecule has 0 aliphatic heterocycles. The molecule has 0 aliphatic rings. The molecule has 0 amide bonds. The normalized spacial score (nSPS) is 11.6. The van der Waals surface area contributed by atoms with Crippen molar-refractivity contribution in [3.8, 4) is 10.4 Å².